The molecule has 0 unspecified atom stereocenters. The maximum atomic E-state index is 13.0. The van der Waals surface area contributed by atoms with Crippen LogP contribution in [0.2, 0.25) is 5.02 Å². The zero-order chi connectivity index (χ0) is 22.0. The van der Waals surface area contributed by atoms with Gasteiger partial charge in [0.1, 0.15) is 4.88 Å². The Kier molecular flexibility index (Phi) is 6.01. The number of hydrogen-bond acceptors (Lipinski definition) is 5. The lowest BCUT2D eigenvalue weighted by atomic mass is 10.1. The van der Waals surface area contributed by atoms with E-state index in [1.54, 1.807) is 42.3 Å². The predicted molar refractivity (Wildman–Crippen MR) is 121 cm³/mol. The van der Waals surface area contributed by atoms with E-state index in [1.165, 1.54) is 11.3 Å². The Morgan fingerprint density at radius 3 is 2.61 bits per heavy atom. The standard InChI is InChI=1S/C22H19ClN4O3S/c1-24-20(29)14-8-6-13(7-9-14)12-18(28)26-22-25-16-10-11-27(21(30)19(16)31-22)17-5-3-2-4-15(17)23/h2-9H,10-12H2,1H3,(H,24,29)(H,25,26,28). The van der Waals surface area contributed by atoms with Crippen molar-refractivity contribution >= 4 is 51.5 Å². The number of para-hydroxylation sites is 1. The molecule has 0 radical (unpaired) electrons. The number of carbonyl (C=O) groups excluding carboxylic acids is 3. The van der Waals surface area contributed by atoms with E-state index < -0.39 is 0 Å². The van der Waals surface area contributed by atoms with Crippen LogP contribution in [0.5, 0.6) is 0 Å². The fourth-order valence-corrected chi connectivity index (χ4v) is 4.57. The minimum atomic E-state index is -0.241. The fourth-order valence-electron chi connectivity index (χ4n) is 3.35. The molecule has 1 aromatic heterocycles. The molecule has 31 heavy (non-hydrogen) atoms. The van der Waals surface area contributed by atoms with E-state index in [0.717, 1.165) is 5.56 Å². The summed E-state index contributed by atoms with van der Waals surface area (Å²) in [6.07, 6.45) is 0.720. The molecule has 0 atom stereocenters. The molecular formula is C22H19ClN4O3S. The van der Waals surface area contributed by atoms with Crippen LogP contribution in [0, 0.1) is 0 Å². The van der Waals surface area contributed by atoms with Crippen molar-refractivity contribution in [1.82, 2.24) is 10.3 Å². The SMILES string of the molecule is CNC(=O)c1ccc(CC(=O)Nc2nc3c(s2)C(=O)N(c2ccccc2Cl)CC3)cc1. The molecule has 4 rings (SSSR count). The van der Waals surface area contributed by atoms with Crippen molar-refractivity contribution in [1.29, 1.82) is 0 Å². The van der Waals surface area contributed by atoms with Crippen molar-refractivity contribution in [3.8, 4) is 0 Å². The summed E-state index contributed by atoms with van der Waals surface area (Å²) in [7, 11) is 1.57. The number of amides is 3. The number of benzene rings is 2. The van der Waals surface area contributed by atoms with Crippen LogP contribution in [0.4, 0.5) is 10.8 Å². The van der Waals surface area contributed by atoms with Gasteiger partial charge >= 0.3 is 0 Å². The molecule has 158 valence electrons. The number of nitrogens with zero attached hydrogens (tertiary/aromatic N) is 2. The van der Waals surface area contributed by atoms with Gasteiger partial charge in [-0.3, -0.25) is 14.4 Å². The van der Waals surface area contributed by atoms with E-state index in [0.29, 0.717) is 44.9 Å². The quantitative estimate of drug-likeness (QED) is 0.616. The van der Waals surface area contributed by atoms with Crippen LogP contribution in [0.15, 0.2) is 48.5 Å². The number of anilines is 2. The second-order valence-corrected chi connectivity index (χ2v) is 8.36. The van der Waals surface area contributed by atoms with Gasteiger partial charge in [-0.2, -0.15) is 0 Å². The van der Waals surface area contributed by atoms with Crippen molar-refractivity contribution < 1.29 is 14.4 Å². The number of nitrogens with one attached hydrogen (secondary N) is 2. The number of hydrogen-bond donors (Lipinski definition) is 2. The first-order valence-corrected chi connectivity index (χ1v) is 10.8. The second kappa shape index (κ2) is 8.87. The number of halogens is 1. The van der Waals surface area contributed by atoms with Gasteiger partial charge in [-0.05, 0) is 29.8 Å². The number of aromatic nitrogens is 1. The van der Waals surface area contributed by atoms with E-state index >= 15 is 0 Å². The highest BCUT2D eigenvalue weighted by atomic mass is 35.5. The van der Waals surface area contributed by atoms with Crippen LogP contribution in [0.3, 0.4) is 0 Å². The first-order chi connectivity index (χ1) is 15.0. The number of carbonyl (C=O) groups is 3. The largest absolute Gasteiger partial charge is 0.355 e. The Morgan fingerprint density at radius 1 is 1.16 bits per heavy atom. The highest BCUT2D eigenvalue weighted by Gasteiger charge is 2.30. The molecule has 1 aliphatic heterocycles. The summed E-state index contributed by atoms with van der Waals surface area (Å²) in [5, 5.41) is 6.24. The molecule has 0 aliphatic carbocycles. The van der Waals surface area contributed by atoms with Gasteiger partial charge in [0.15, 0.2) is 5.13 Å². The van der Waals surface area contributed by atoms with Gasteiger partial charge < -0.3 is 15.5 Å². The normalized spacial score (nSPS) is 13.0. The molecular weight excluding hydrogens is 436 g/mol. The topological polar surface area (TPSA) is 91.4 Å². The maximum absolute atomic E-state index is 13.0. The van der Waals surface area contributed by atoms with Crippen LogP contribution in [-0.4, -0.2) is 36.3 Å². The van der Waals surface area contributed by atoms with Crippen LogP contribution >= 0.6 is 22.9 Å². The highest BCUT2D eigenvalue weighted by molar-refractivity contribution is 7.18. The van der Waals surface area contributed by atoms with Crippen molar-refractivity contribution in [3.63, 3.8) is 0 Å². The lowest BCUT2D eigenvalue weighted by Gasteiger charge is -2.26. The lowest BCUT2D eigenvalue weighted by molar-refractivity contribution is -0.115. The molecule has 3 aromatic rings. The summed E-state index contributed by atoms with van der Waals surface area (Å²) in [4.78, 5) is 43.6. The van der Waals surface area contributed by atoms with Crippen LogP contribution < -0.4 is 15.5 Å². The zero-order valence-corrected chi connectivity index (χ0v) is 18.2. The third kappa shape index (κ3) is 4.45. The van der Waals surface area contributed by atoms with Crippen molar-refractivity contribution in [3.05, 3.63) is 75.3 Å². The third-order valence-electron chi connectivity index (χ3n) is 4.91. The third-order valence-corrected chi connectivity index (χ3v) is 6.23. The highest BCUT2D eigenvalue weighted by Crippen LogP contribution is 2.33. The van der Waals surface area contributed by atoms with Crippen molar-refractivity contribution in [2.24, 2.45) is 0 Å². The number of fused-ring (bicyclic) bond motifs is 1. The summed E-state index contributed by atoms with van der Waals surface area (Å²) in [5.74, 6) is -0.591. The van der Waals surface area contributed by atoms with Crippen LogP contribution in [-0.2, 0) is 17.6 Å². The average molecular weight is 455 g/mol. The van der Waals surface area contributed by atoms with Gasteiger partial charge in [0.05, 0.1) is 22.8 Å². The second-order valence-electron chi connectivity index (χ2n) is 6.95. The van der Waals surface area contributed by atoms with E-state index in [4.69, 9.17) is 11.6 Å². The molecule has 9 heteroatoms. The molecule has 2 N–H and O–H groups in total. The average Bonchev–Trinajstić information content (AvgIpc) is 3.18. The smallest absolute Gasteiger partial charge is 0.270 e. The van der Waals surface area contributed by atoms with Gasteiger partial charge in [-0.1, -0.05) is 47.2 Å². The number of thiazole rings is 1. The molecule has 1 aliphatic rings. The van der Waals surface area contributed by atoms with Crippen molar-refractivity contribution in [2.75, 3.05) is 23.8 Å². The van der Waals surface area contributed by atoms with E-state index in [9.17, 15) is 14.4 Å². The molecule has 0 spiro atoms. The van der Waals surface area contributed by atoms with Gasteiger partial charge in [0.25, 0.3) is 11.8 Å². The van der Waals surface area contributed by atoms with Gasteiger partial charge in [-0.25, -0.2) is 4.98 Å². The van der Waals surface area contributed by atoms with Gasteiger partial charge in [0, 0.05) is 25.6 Å². The Hall–Kier alpha value is -3.23. The molecule has 0 saturated heterocycles. The molecule has 7 nitrogen and oxygen atoms in total. The molecule has 0 fully saturated rings. The molecule has 3 amide bonds. The summed E-state index contributed by atoms with van der Waals surface area (Å²) < 4.78 is 0. The van der Waals surface area contributed by atoms with E-state index in [1.807, 2.05) is 18.2 Å². The summed E-state index contributed by atoms with van der Waals surface area (Å²) in [6, 6.07) is 14.0. The molecule has 2 heterocycles. The van der Waals surface area contributed by atoms with E-state index in [-0.39, 0.29) is 24.1 Å². The first-order valence-electron chi connectivity index (χ1n) is 9.63. The summed E-state index contributed by atoms with van der Waals surface area (Å²) in [5.41, 5.74) is 2.65. The predicted octanol–water partition coefficient (Wildman–Crippen LogP) is 3.54. The minimum Gasteiger partial charge on any atom is -0.355 e. The Bertz CT molecular complexity index is 1160. The molecule has 0 bridgehead atoms. The maximum Gasteiger partial charge on any atom is 0.270 e. The summed E-state index contributed by atoms with van der Waals surface area (Å²) in [6.45, 7) is 0.477. The lowest BCUT2D eigenvalue weighted by Crippen LogP contribution is -2.37. The van der Waals surface area contributed by atoms with Crippen LogP contribution in [0.25, 0.3) is 0 Å². The minimum absolute atomic E-state index is 0.137. The zero-order valence-electron chi connectivity index (χ0n) is 16.6. The fraction of sp³-hybridized carbons (Fsp3) is 0.182. The Balaban J connectivity index is 1.44. The molecule has 0 saturated carbocycles. The Morgan fingerprint density at radius 2 is 1.90 bits per heavy atom. The van der Waals surface area contributed by atoms with Gasteiger partial charge in [0.2, 0.25) is 5.91 Å². The summed E-state index contributed by atoms with van der Waals surface area (Å²) >= 11 is 7.42. The molecule has 2 aromatic carbocycles. The van der Waals surface area contributed by atoms with Crippen LogP contribution in [0.1, 0.15) is 31.3 Å². The Labute approximate surface area is 188 Å². The van der Waals surface area contributed by atoms with Crippen molar-refractivity contribution in [2.45, 2.75) is 12.8 Å². The van der Waals surface area contributed by atoms with Gasteiger partial charge in [-0.15, -0.1) is 0 Å². The first kappa shape index (κ1) is 21.0. The van der Waals surface area contributed by atoms with E-state index in [2.05, 4.69) is 15.6 Å². The number of rotatable bonds is 5. The monoisotopic (exact) mass is 454 g/mol.